The van der Waals surface area contributed by atoms with Crippen molar-refractivity contribution >= 4 is 11.0 Å². The molecule has 0 N–H and O–H groups in total. The van der Waals surface area contributed by atoms with Gasteiger partial charge in [0, 0.05) is 17.5 Å². The normalized spacial score (nSPS) is 10.7. The quantitative estimate of drug-likeness (QED) is 0.513. The van der Waals surface area contributed by atoms with Gasteiger partial charge in [0.05, 0.1) is 0 Å². The first-order chi connectivity index (χ1) is 11.3. The van der Waals surface area contributed by atoms with E-state index in [4.69, 9.17) is 13.9 Å². The molecule has 0 fully saturated rings. The average Bonchev–Trinajstić information content (AvgIpc) is 2.58. The summed E-state index contributed by atoms with van der Waals surface area (Å²) in [6.07, 6.45) is 0.785. The first kappa shape index (κ1) is 15.2. The lowest BCUT2D eigenvalue weighted by molar-refractivity contribution is 0.217. The van der Waals surface area contributed by atoms with E-state index in [0.29, 0.717) is 24.5 Å². The Morgan fingerprint density at radius 2 is 1.65 bits per heavy atom. The van der Waals surface area contributed by atoms with E-state index in [1.165, 1.54) is 6.07 Å². The topological polar surface area (TPSA) is 48.7 Å². The van der Waals surface area contributed by atoms with Crippen LogP contribution in [-0.2, 0) is 6.42 Å². The van der Waals surface area contributed by atoms with Crippen LogP contribution in [0.15, 0.2) is 63.8 Å². The maximum atomic E-state index is 11.6. The molecule has 0 spiro atoms. The molecule has 0 radical (unpaired) electrons. The molecule has 3 rings (SSSR count). The van der Waals surface area contributed by atoms with Gasteiger partial charge >= 0.3 is 5.63 Å². The fourth-order valence-corrected chi connectivity index (χ4v) is 2.43. The van der Waals surface area contributed by atoms with Crippen LogP contribution in [0.5, 0.6) is 11.5 Å². The molecular formula is C19H18O4. The van der Waals surface area contributed by atoms with Gasteiger partial charge in [-0.3, -0.25) is 0 Å². The molecule has 0 aliphatic heterocycles. The van der Waals surface area contributed by atoms with Gasteiger partial charge in [-0.1, -0.05) is 25.1 Å². The monoisotopic (exact) mass is 310 g/mol. The minimum Gasteiger partial charge on any atom is -0.490 e. The van der Waals surface area contributed by atoms with Crippen LogP contribution in [0.1, 0.15) is 12.5 Å². The molecule has 1 aromatic heterocycles. The van der Waals surface area contributed by atoms with Gasteiger partial charge in [0.1, 0.15) is 30.3 Å². The van der Waals surface area contributed by atoms with Gasteiger partial charge in [0.25, 0.3) is 0 Å². The number of para-hydroxylation sites is 1. The van der Waals surface area contributed by atoms with E-state index in [-0.39, 0.29) is 5.63 Å². The van der Waals surface area contributed by atoms with E-state index in [2.05, 4.69) is 0 Å². The van der Waals surface area contributed by atoms with Crippen molar-refractivity contribution in [3.63, 3.8) is 0 Å². The van der Waals surface area contributed by atoms with E-state index in [0.717, 1.165) is 23.1 Å². The number of benzene rings is 2. The molecule has 0 atom stereocenters. The Balaban J connectivity index is 1.65. The lowest BCUT2D eigenvalue weighted by Crippen LogP contribution is -2.09. The molecule has 1 heterocycles. The molecule has 23 heavy (non-hydrogen) atoms. The molecule has 2 aromatic carbocycles. The van der Waals surface area contributed by atoms with E-state index in [1.807, 2.05) is 49.4 Å². The largest absolute Gasteiger partial charge is 0.490 e. The maximum Gasteiger partial charge on any atom is 0.336 e. The standard InChI is InChI=1S/C19H18O4/c1-2-14-12-19(20)23-18-13-16(8-9-17(14)18)22-11-10-21-15-6-4-3-5-7-15/h3-9,12-13H,2,10-11H2,1H3. The summed E-state index contributed by atoms with van der Waals surface area (Å²) in [4.78, 5) is 11.6. The summed E-state index contributed by atoms with van der Waals surface area (Å²) in [5, 5.41) is 0.944. The van der Waals surface area contributed by atoms with E-state index < -0.39 is 0 Å². The Hall–Kier alpha value is -2.75. The number of hydrogen-bond acceptors (Lipinski definition) is 4. The lowest BCUT2D eigenvalue weighted by Gasteiger charge is -2.09. The number of ether oxygens (including phenoxy) is 2. The second-order valence-electron chi connectivity index (χ2n) is 5.11. The molecule has 0 unspecified atom stereocenters. The molecule has 4 nitrogen and oxygen atoms in total. The Labute approximate surface area is 134 Å². The molecular weight excluding hydrogens is 292 g/mol. The van der Waals surface area contributed by atoms with Crippen molar-refractivity contribution in [2.45, 2.75) is 13.3 Å². The first-order valence-corrected chi connectivity index (χ1v) is 7.63. The first-order valence-electron chi connectivity index (χ1n) is 7.63. The second-order valence-corrected chi connectivity index (χ2v) is 5.11. The van der Waals surface area contributed by atoms with Crippen LogP contribution in [0.2, 0.25) is 0 Å². The minimum atomic E-state index is -0.334. The van der Waals surface area contributed by atoms with Crippen LogP contribution < -0.4 is 15.1 Å². The third-order valence-electron chi connectivity index (χ3n) is 3.55. The van der Waals surface area contributed by atoms with Crippen molar-refractivity contribution in [3.05, 3.63) is 70.6 Å². The SMILES string of the molecule is CCc1cc(=O)oc2cc(OCCOc3ccccc3)ccc12. The lowest BCUT2D eigenvalue weighted by atomic mass is 10.1. The highest BCUT2D eigenvalue weighted by atomic mass is 16.5. The number of hydrogen-bond donors (Lipinski definition) is 0. The van der Waals surface area contributed by atoms with Crippen molar-refractivity contribution in [1.82, 2.24) is 0 Å². The van der Waals surface area contributed by atoms with Gasteiger partial charge < -0.3 is 13.9 Å². The highest BCUT2D eigenvalue weighted by Gasteiger charge is 2.06. The molecule has 118 valence electrons. The fourth-order valence-electron chi connectivity index (χ4n) is 2.43. The van der Waals surface area contributed by atoms with Crippen molar-refractivity contribution in [2.24, 2.45) is 0 Å². The maximum absolute atomic E-state index is 11.6. The van der Waals surface area contributed by atoms with Gasteiger partial charge in [-0.25, -0.2) is 4.79 Å². The van der Waals surface area contributed by atoms with Crippen LogP contribution in [-0.4, -0.2) is 13.2 Å². The number of aryl methyl sites for hydroxylation is 1. The van der Waals surface area contributed by atoms with Crippen LogP contribution in [0.4, 0.5) is 0 Å². The molecule has 4 heteroatoms. The summed E-state index contributed by atoms with van der Waals surface area (Å²) in [5.41, 5.74) is 1.20. The zero-order valence-corrected chi connectivity index (χ0v) is 13.0. The van der Waals surface area contributed by atoms with Crippen LogP contribution in [0.25, 0.3) is 11.0 Å². The summed E-state index contributed by atoms with van der Waals surface area (Å²) >= 11 is 0. The number of fused-ring (bicyclic) bond motifs is 1. The predicted octanol–water partition coefficient (Wildman–Crippen LogP) is 3.81. The van der Waals surface area contributed by atoms with Crippen LogP contribution in [0.3, 0.4) is 0 Å². The van der Waals surface area contributed by atoms with Gasteiger partial charge in [0.15, 0.2) is 0 Å². The highest BCUT2D eigenvalue weighted by molar-refractivity contribution is 5.81. The summed E-state index contributed by atoms with van der Waals surface area (Å²) in [5.74, 6) is 1.47. The smallest absolute Gasteiger partial charge is 0.336 e. The predicted molar refractivity (Wildman–Crippen MR) is 89.3 cm³/mol. The molecule has 0 amide bonds. The van der Waals surface area contributed by atoms with Crippen molar-refractivity contribution in [3.8, 4) is 11.5 Å². The fraction of sp³-hybridized carbons (Fsp3) is 0.211. The molecule has 0 bridgehead atoms. The molecule has 0 saturated heterocycles. The summed E-state index contributed by atoms with van der Waals surface area (Å²) in [6.45, 7) is 2.87. The third-order valence-corrected chi connectivity index (χ3v) is 3.55. The second kappa shape index (κ2) is 7.01. The highest BCUT2D eigenvalue weighted by Crippen LogP contribution is 2.23. The Morgan fingerprint density at radius 1 is 0.913 bits per heavy atom. The Bertz CT molecular complexity index is 837. The summed E-state index contributed by atoms with van der Waals surface area (Å²) < 4.78 is 16.5. The molecule has 0 aliphatic rings. The van der Waals surface area contributed by atoms with E-state index in [1.54, 1.807) is 6.07 Å². The third kappa shape index (κ3) is 3.72. The van der Waals surface area contributed by atoms with Gasteiger partial charge in [-0.2, -0.15) is 0 Å². The Morgan fingerprint density at radius 3 is 2.39 bits per heavy atom. The van der Waals surface area contributed by atoms with Crippen molar-refractivity contribution < 1.29 is 13.9 Å². The molecule has 0 aliphatic carbocycles. The Kier molecular flexibility index (Phi) is 4.62. The minimum absolute atomic E-state index is 0.334. The zero-order valence-electron chi connectivity index (χ0n) is 13.0. The van der Waals surface area contributed by atoms with Gasteiger partial charge in [-0.15, -0.1) is 0 Å². The average molecular weight is 310 g/mol. The summed E-state index contributed by atoms with van der Waals surface area (Å²) in [7, 11) is 0. The van der Waals surface area contributed by atoms with Crippen molar-refractivity contribution in [2.75, 3.05) is 13.2 Å². The zero-order chi connectivity index (χ0) is 16.1. The number of rotatable bonds is 6. The van der Waals surface area contributed by atoms with Crippen LogP contribution in [0, 0.1) is 0 Å². The van der Waals surface area contributed by atoms with E-state index in [9.17, 15) is 4.79 Å². The molecule has 3 aromatic rings. The van der Waals surface area contributed by atoms with E-state index >= 15 is 0 Å². The summed E-state index contributed by atoms with van der Waals surface area (Å²) in [6, 6.07) is 16.7. The van der Waals surface area contributed by atoms with Crippen molar-refractivity contribution in [1.29, 1.82) is 0 Å². The van der Waals surface area contributed by atoms with Gasteiger partial charge in [-0.05, 0) is 36.2 Å². The van der Waals surface area contributed by atoms with Gasteiger partial charge in [0.2, 0.25) is 0 Å². The van der Waals surface area contributed by atoms with Crippen LogP contribution >= 0.6 is 0 Å². The molecule has 0 saturated carbocycles.